The van der Waals surface area contributed by atoms with Crippen LogP contribution in [0.25, 0.3) is 0 Å². The highest BCUT2D eigenvalue weighted by Gasteiger charge is 2.26. The summed E-state index contributed by atoms with van der Waals surface area (Å²) in [6, 6.07) is 5.44. The summed E-state index contributed by atoms with van der Waals surface area (Å²) in [5.41, 5.74) is 0.673. The molecule has 0 saturated heterocycles. The summed E-state index contributed by atoms with van der Waals surface area (Å²) in [5.74, 6) is -0.882. The Morgan fingerprint density at radius 2 is 2.31 bits per heavy atom. The fourth-order valence-electron chi connectivity index (χ4n) is 1.49. The van der Waals surface area contributed by atoms with Gasteiger partial charge in [-0.3, -0.25) is 14.5 Å². The molecule has 0 aromatic heterocycles. The summed E-state index contributed by atoms with van der Waals surface area (Å²) in [4.78, 5) is 24.5. The average molecular weight is 302 g/mol. The maximum absolute atomic E-state index is 11.6. The van der Waals surface area contributed by atoms with Gasteiger partial charge in [-0.15, -0.1) is 11.8 Å². The Morgan fingerprint density at radius 3 is 3.00 bits per heavy atom. The van der Waals surface area contributed by atoms with E-state index in [2.05, 4.69) is 15.9 Å². The third-order valence-corrected chi connectivity index (χ3v) is 3.68. The molecule has 1 aliphatic rings. The molecule has 1 aromatic carbocycles. The number of halogens is 1. The molecule has 1 amide bonds. The molecule has 0 aliphatic carbocycles. The van der Waals surface area contributed by atoms with Crippen molar-refractivity contribution in [3.8, 4) is 0 Å². The van der Waals surface area contributed by atoms with Gasteiger partial charge in [0.15, 0.2) is 0 Å². The van der Waals surface area contributed by atoms with Gasteiger partial charge in [-0.25, -0.2) is 0 Å². The number of benzene rings is 1. The Morgan fingerprint density at radius 1 is 1.56 bits per heavy atom. The van der Waals surface area contributed by atoms with Gasteiger partial charge in [-0.05, 0) is 18.2 Å². The highest BCUT2D eigenvalue weighted by molar-refractivity contribution is 9.10. The van der Waals surface area contributed by atoms with Gasteiger partial charge in [0.05, 0.1) is 11.4 Å². The standard InChI is InChI=1S/C10H8BrNO3S/c11-6-1-2-7-8(3-6)16-5-9(13)12(7)4-10(14)15/h1-3H,4-5H2,(H,14,15). The van der Waals surface area contributed by atoms with Crippen LogP contribution < -0.4 is 4.90 Å². The third kappa shape index (κ3) is 2.22. The zero-order valence-electron chi connectivity index (χ0n) is 8.14. The zero-order chi connectivity index (χ0) is 11.7. The lowest BCUT2D eigenvalue weighted by Gasteiger charge is -2.27. The van der Waals surface area contributed by atoms with E-state index in [1.54, 1.807) is 12.1 Å². The van der Waals surface area contributed by atoms with Gasteiger partial charge >= 0.3 is 5.97 Å². The molecular weight excluding hydrogens is 294 g/mol. The first kappa shape index (κ1) is 11.5. The molecule has 6 heteroatoms. The largest absolute Gasteiger partial charge is 0.480 e. The maximum Gasteiger partial charge on any atom is 0.323 e. The van der Waals surface area contributed by atoms with Crippen molar-refractivity contribution in [3.05, 3.63) is 22.7 Å². The number of rotatable bonds is 2. The summed E-state index contributed by atoms with van der Waals surface area (Å²) in [6.45, 7) is -0.284. The predicted molar refractivity (Wildman–Crippen MR) is 64.9 cm³/mol. The molecule has 1 aromatic rings. The predicted octanol–water partition coefficient (Wildman–Crippen LogP) is 1.97. The van der Waals surface area contributed by atoms with E-state index >= 15 is 0 Å². The summed E-state index contributed by atoms with van der Waals surface area (Å²) in [7, 11) is 0. The lowest BCUT2D eigenvalue weighted by molar-refractivity contribution is -0.136. The van der Waals surface area contributed by atoms with Crippen LogP contribution in [0, 0.1) is 0 Å². The van der Waals surface area contributed by atoms with Crippen molar-refractivity contribution >= 4 is 45.3 Å². The number of nitrogens with zero attached hydrogens (tertiary/aromatic N) is 1. The number of hydrogen-bond donors (Lipinski definition) is 1. The molecule has 84 valence electrons. The Balaban J connectivity index is 2.40. The van der Waals surface area contributed by atoms with Crippen molar-refractivity contribution < 1.29 is 14.7 Å². The number of aliphatic carboxylic acids is 1. The van der Waals surface area contributed by atoms with E-state index in [1.165, 1.54) is 16.7 Å². The van der Waals surface area contributed by atoms with Crippen LogP contribution in [0.1, 0.15) is 0 Å². The average Bonchev–Trinajstić information content (AvgIpc) is 2.22. The number of fused-ring (bicyclic) bond motifs is 1. The molecule has 0 unspecified atom stereocenters. The number of carbonyl (C=O) groups excluding carboxylic acids is 1. The zero-order valence-corrected chi connectivity index (χ0v) is 10.5. The van der Waals surface area contributed by atoms with Crippen LogP contribution in [0.2, 0.25) is 0 Å². The second-order valence-electron chi connectivity index (χ2n) is 3.27. The molecule has 1 heterocycles. The van der Waals surface area contributed by atoms with Crippen molar-refractivity contribution in [2.45, 2.75) is 4.90 Å². The number of thioether (sulfide) groups is 1. The first-order valence-electron chi connectivity index (χ1n) is 4.52. The highest BCUT2D eigenvalue weighted by Crippen LogP contribution is 2.36. The van der Waals surface area contributed by atoms with Crippen molar-refractivity contribution in [2.75, 3.05) is 17.2 Å². The second kappa shape index (κ2) is 4.47. The molecule has 0 spiro atoms. The SMILES string of the molecule is O=C(O)CN1C(=O)CSc2cc(Br)ccc21. The minimum absolute atomic E-state index is 0.165. The topological polar surface area (TPSA) is 57.6 Å². The summed E-state index contributed by atoms with van der Waals surface area (Å²) < 4.78 is 0.920. The lowest BCUT2D eigenvalue weighted by atomic mass is 10.2. The normalized spacial score (nSPS) is 14.8. The molecule has 1 aliphatic heterocycles. The quantitative estimate of drug-likeness (QED) is 0.907. The van der Waals surface area contributed by atoms with Gasteiger partial charge in [0, 0.05) is 9.37 Å². The summed E-state index contributed by atoms with van der Waals surface area (Å²) in [6.07, 6.45) is 0. The fourth-order valence-corrected chi connectivity index (χ4v) is 2.97. The van der Waals surface area contributed by atoms with Gasteiger partial charge < -0.3 is 5.11 Å². The van der Waals surface area contributed by atoms with E-state index in [1.807, 2.05) is 6.07 Å². The van der Waals surface area contributed by atoms with Crippen LogP contribution in [0.4, 0.5) is 5.69 Å². The maximum atomic E-state index is 11.6. The van der Waals surface area contributed by atoms with Crippen molar-refractivity contribution in [1.82, 2.24) is 0 Å². The second-order valence-corrected chi connectivity index (χ2v) is 5.21. The van der Waals surface area contributed by atoms with E-state index in [9.17, 15) is 9.59 Å². The molecule has 0 radical (unpaired) electrons. The van der Waals surface area contributed by atoms with Crippen molar-refractivity contribution in [2.24, 2.45) is 0 Å². The molecule has 0 bridgehead atoms. The van der Waals surface area contributed by atoms with E-state index in [-0.39, 0.29) is 18.2 Å². The number of carboxylic acid groups (broad SMARTS) is 1. The summed E-state index contributed by atoms with van der Waals surface area (Å²) >= 11 is 4.77. The van der Waals surface area contributed by atoms with Gasteiger partial charge in [0.1, 0.15) is 6.54 Å². The number of amides is 1. The highest BCUT2D eigenvalue weighted by atomic mass is 79.9. The Labute approximate surface area is 105 Å². The fraction of sp³-hybridized carbons (Fsp3) is 0.200. The molecule has 0 atom stereocenters. The molecule has 0 saturated carbocycles. The minimum atomic E-state index is -1.01. The molecule has 1 N–H and O–H groups in total. The number of carbonyl (C=O) groups is 2. The number of hydrogen-bond acceptors (Lipinski definition) is 3. The van der Waals surface area contributed by atoms with E-state index in [0.717, 1.165) is 9.37 Å². The molecule has 0 fully saturated rings. The van der Waals surface area contributed by atoms with Gasteiger partial charge in [0.2, 0.25) is 5.91 Å². The van der Waals surface area contributed by atoms with Crippen molar-refractivity contribution in [3.63, 3.8) is 0 Å². The third-order valence-electron chi connectivity index (χ3n) is 2.16. The molecule has 2 rings (SSSR count). The van der Waals surface area contributed by atoms with Gasteiger partial charge in [-0.1, -0.05) is 15.9 Å². The van der Waals surface area contributed by atoms with Crippen LogP contribution in [0.3, 0.4) is 0 Å². The minimum Gasteiger partial charge on any atom is -0.480 e. The summed E-state index contributed by atoms with van der Waals surface area (Å²) in [5, 5.41) is 8.75. The van der Waals surface area contributed by atoms with Crippen LogP contribution in [0.15, 0.2) is 27.6 Å². The number of anilines is 1. The lowest BCUT2D eigenvalue weighted by Crippen LogP contribution is -2.39. The van der Waals surface area contributed by atoms with Crippen LogP contribution >= 0.6 is 27.7 Å². The Kier molecular flexibility index (Phi) is 3.20. The van der Waals surface area contributed by atoms with Gasteiger partial charge in [0.25, 0.3) is 0 Å². The van der Waals surface area contributed by atoms with Crippen LogP contribution in [0.5, 0.6) is 0 Å². The molecule has 16 heavy (non-hydrogen) atoms. The van der Waals surface area contributed by atoms with E-state index < -0.39 is 5.97 Å². The number of carboxylic acids is 1. The van der Waals surface area contributed by atoms with E-state index in [0.29, 0.717) is 5.69 Å². The smallest absolute Gasteiger partial charge is 0.323 e. The monoisotopic (exact) mass is 301 g/mol. The van der Waals surface area contributed by atoms with Crippen LogP contribution in [-0.4, -0.2) is 29.3 Å². The van der Waals surface area contributed by atoms with Crippen molar-refractivity contribution in [1.29, 1.82) is 0 Å². The first-order chi connectivity index (χ1) is 7.58. The Bertz CT molecular complexity index is 463. The first-order valence-corrected chi connectivity index (χ1v) is 6.30. The Hall–Kier alpha value is -1.01. The van der Waals surface area contributed by atoms with E-state index in [4.69, 9.17) is 5.11 Å². The molecular formula is C10H8BrNO3S. The van der Waals surface area contributed by atoms with Gasteiger partial charge in [-0.2, -0.15) is 0 Å². The van der Waals surface area contributed by atoms with Crippen LogP contribution in [-0.2, 0) is 9.59 Å². The molecule has 4 nitrogen and oxygen atoms in total.